The van der Waals surface area contributed by atoms with E-state index in [9.17, 15) is 0 Å². The second-order valence-electron chi connectivity index (χ2n) is 5.17. The lowest BCUT2D eigenvalue weighted by Gasteiger charge is -2.10. The standard InChI is InChI=1S/C15H16N2S/c1-15(2)10-18-14(17-15)16-13-9-5-7-11-6-3-4-8-12(11)13/h3-9H,10H2,1-2H3,(H,16,17). The normalized spacial score (nSPS) is 17.8. The Morgan fingerprint density at radius 1 is 1.11 bits per heavy atom. The van der Waals surface area contributed by atoms with Gasteiger partial charge in [-0.3, -0.25) is 4.99 Å². The van der Waals surface area contributed by atoms with E-state index in [-0.39, 0.29) is 5.54 Å². The van der Waals surface area contributed by atoms with Gasteiger partial charge < -0.3 is 5.32 Å². The molecule has 3 rings (SSSR count). The number of anilines is 1. The molecule has 0 bridgehead atoms. The Bertz CT molecular complexity index is 611. The van der Waals surface area contributed by atoms with Gasteiger partial charge >= 0.3 is 0 Å². The summed E-state index contributed by atoms with van der Waals surface area (Å²) in [5.74, 6) is 1.04. The second kappa shape index (κ2) is 4.32. The van der Waals surface area contributed by atoms with Crippen molar-refractivity contribution >= 4 is 33.4 Å². The molecule has 2 aromatic rings. The van der Waals surface area contributed by atoms with Crippen LogP contribution in [0.25, 0.3) is 10.8 Å². The van der Waals surface area contributed by atoms with Crippen LogP contribution >= 0.6 is 11.8 Å². The average molecular weight is 256 g/mol. The van der Waals surface area contributed by atoms with Crippen LogP contribution in [0.5, 0.6) is 0 Å². The predicted octanol–water partition coefficient (Wildman–Crippen LogP) is 4.13. The summed E-state index contributed by atoms with van der Waals surface area (Å²) in [5, 5.41) is 6.98. The molecule has 0 saturated carbocycles. The van der Waals surface area contributed by atoms with Crippen molar-refractivity contribution in [1.82, 2.24) is 0 Å². The first kappa shape index (κ1) is 11.6. The number of fused-ring (bicyclic) bond motifs is 1. The summed E-state index contributed by atoms with van der Waals surface area (Å²) in [4.78, 5) is 4.69. The highest BCUT2D eigenvalue weighted by molar-refractivity contribution is 8.14. The van der Waals surface area contributed by atoms with E-state index < -0.39 is 0 Å². The van der Waals surface area contributed by atoms with Crippen LogP contribution in [0.4, 0.5) is 5.69 Å². The maximum Gasteiger partial charge on any atom is 0.161 e. The van der Waals surface area contributed by atoms with Crippen LogP contribution in [0, 0.1) is 0 Å². The molecule has 0 unspecified atom stereocenters. The fraction of sp³-hybridized carbons (Fsp3) is 0.267. The fourth-order valence-corrected chi connectivity index (χ4v) is 3.15. The average Bonchev–Trinajstić information content (AvgIpc) is 2.69. The molecule has 1 aliphatic heterocycles. The molecule has 1 N–H and O–H groups in total. The van der Waals surface area contributed by atoms with Crippen molar-refractivity contribution in [1.29, 1.82) is 0 Å². The molecular weight excluding hydrogens is 240 g/mol. The van der Waals surface area contributed by atoms with Crippen LogP contribution in [-0.2, 0) is 0 Å². The molecule has 0 fully saturated rings. The Balaban J connectivity index is 1.96. The van der Waals surface area contributed by atoms with Gasteiger partial charge in [-0.25, -0.2) is 0 Å². The van der Waals surface area contributed by atoms with E-state index in [4.69, 9.17) is 4.99 Å². The van der Waals surface area contributed by atoms with Gasteiger partial charge in [0.25, 0.3) is 0 Å². The van der Waals surface area contributed by atoms with Crippen molar-refractivity contribution in [3.8, 4) is 0 Å². The van der Waals surface area contributed by atoms with Gasteiger partial charge in [0.1, 0.15) is 0 Å². The van der Waals surface area contributed by atoms with E-state index in [0.717, 1.165) is 16.6 Å². The zero-order valence-corrected chi connectivity index (χ0v) is 11.4. The number of rotatable bonds is 1. The molecule has 1 aliphatic rings. The highest BCUT2D eigenvalue weighted by Crippen LogP contribution is 2.30. The lowest BCUT2D eigenvalue weighted by molar-refractivity contribution is 0.605. The summed E-state index contributed by atoms with van der Waals surface area (Å²) in [6, 6.07) is 14.7. The highest BCUT2D eigenvalue weighted by atomic mass is 32.2. The third-order valence-electron chi connectivity index (χ3n) is 3.00. The molecule has 0 atom stereocenters. The molecule has 1 heterocycles. The molecule has 0 aromatic heterocycles. The number of benzene rings is 2. The zero-order valence-electron chi connectivity index (χ0n) is 10.6. The SMILES string of the molecule is CC1(C)CSC(Nc2cccc3ccccc23)=N1. The first-order chi connectivity index (χ1) is 8.64. The summed E-state index contributed by atoms with van der Waals surface area (Å²) in [6.07, 6.45) is 0. The Hall–Kier alpha value is -1.48. The minimum absolute atomic E-state index is 0.0532. The topological polar surface area (TPSA) is 24.4 Å². The predicted molar refractivity (Wildman–Crippen MR) is 81.5 cm³/mol. The molecule has 3 heteroatoms. The summed E-state index contributed by atoms with van der Waals surface area (Å²) in [6.45, 7) is 4.33. The van der Waals surface area contributed by atoms with Gasteiger partial charge in [0.15, 0.2) is 5.17 Å². The van der Waals surface area contributed by atoms with Gasteiger partial charge in [-0.1, -0.05) is 48.2 Å². The highest BCUT2D eigenvalue weighted by Gasteiger charge is 2.25. The maximum atomic E-state index is 4.69. The van der Waals surface area contributed by atoms with Crippen LogP contribution in [-0.4, -0.2) is 16.5 Å². The smallest absolute Gasteiger partial charge is 0.161 e. The number of hydrogen-bond acceptors (Lipinski definition) is 3. The largest absolute Gasteiger partial charge is 0.334 e. The van der Waals surface area contributed by atoms with Crippen LogP contribution in [0.3, 0.4) is 0 Å². The van der Waals surface area contributed by atoms with Crippen molar-refractivity contribution in [2.45, 2.75) is 19.4 Å². The Morgan fingerprint density at radius 3 is 2.67 bits per heavy atom. The van der Waals surface area contributed by atoms with Gasteiger partial charge in [-0.15, -0.1) is 0 Å². The lowest BCUT2D eigenvalue weighted by Crippen LogP contribution is -2.15. The van der Waals surface area contributed by atoms with E-state index in [1.807, 2.05) is 0 Å². The number of hydrogen-bond donors (Lipinski definition) is 1. The zero-order chi connectivity index (χ0) is 12.6. The first-order valence-electron chi connectivity index (χ1n) is 6.11. The summed E-state index contributed by atoms with van der Waals surface area (Å²) >= 11 is 1.79. The molecule has 0 saturated heterocycles. The van der Waals surface area contributed by atoms with Gasteiger partial charge in [0.05, 0.1) is 5.54 Å². The second-order valence-corrected chi connectivity index (χ2v) is 6.13. The van der Waals surface area contributed by atoms with Crippen LogP contribution in [0.2, 0.25) is 0 Å². The molecule has 0 aliphatic carbocycles. The molecular formula is C15H16N2S. The number of thioether (sulfide) groups is 1. The molecule has 0 spiro atoms. The van der Waals surface area contributed by atoms with Gasteiger partial charge in [0, 0.05) is 16.8 Å². The van der Waals surface area contributed by atoms with E-state index >= 15 is 0 Å². The molecule has 0 radical (unpaired) electrons. The number of nitrogens with one attached hydrogen (secondary N) is 1. The third-order valence-corrected chi connectivity index (χ3v) is 4.32. The Kier molecular flexibility index (Phi) is 2.78. The fourth-order valence-electron chi connectivity index (χ4n) is 2.10. The number of nitrogens with zero attached hydrogens (tertiary/aromatic N) is 1. The van der Waals surface area contributed by atoms with Crippen LogP contribution < -0.4 is 5.32 Å². The van der Waals surface area contributed by atoms with E-state index in [2.05, 4.69) is 61.6 Å². The number of aliphatic imine (C=N–C) groups is 1. The number of amidine groups is 1. The van der Waals surface area contributed by atoms with Gasteiger partial charge in [0.2, 0.25) is 0 Å². The van der Waals surface area contributed by atoms with E-state index in [1.165, 1.54) is 10.8 Å². The molecule has 18 heavy (non-hydrogen) atoms. The monoisotopic (exact) mass is 256 g/mol. The lowest BCUT2D eigenvalue weighted by atomic mass is 10.1. The Labute approximate surface area is 112 Å². The van der Waals surface area contributed by atoms with Crippen molar-refractivity contribution < 1.29 is 0 Å². The summed E-state index contributed by atoms with van der Waals surface area (Å²) in [5.41, 5.74) is 1.19. The van der Waals surface area contributed by atoms with Crippen LogP contribution in [0.15, 0.2) is 47.5 Å². The molecule has 0 amide bonds. The van der Waals surface area contributed by atoms with E-state index in [1.54, 1.807) is 11.8 Å². The molecule has 2 nitrogen and oxygen atoms in total. The maximum absolute atomic E-state index is 4.69. The van der Waals surface area contributed by atoms with Gasteiger partial charge in [-0.2, -0.15) is 0 Å². The Morgan fingerprint density at radius 2 is 1.89 bits per heavy atom. The van der Waals surface area contributed by atoms with Gasteiger partial charge in [-0.05, 0) is 25.3 Å². The summed E-state index contributed by atoms with van der Waals surface area (Å²) in [7, 11) is 0. The first-order valence-corrected chi connectivity index (χ1v) is 7.10. The third kappa shape index (κ3) is 2.23. The minimum atomic E-state index is 0.0532. The van der Waals surface area contributed by atoms with Crippen molar-refractivity contribution in [2.75, 3.05) is 11.1 Å². The van der Waals surface area contributed by atoms with Crippen molar-refractivity contribution in [3.05, 3.63) is 42.5 Å². The van der Waals surface area contributed by atoms with E-state index in [0.29, 0.717) is 0 Å². The summed E-state index contributed by atoms with van der Waals surface area (Å²) < 4.78 is 0. The molecule has 2 aromatic carbocycles. The van der Waals surface area contributed by atoms with Crippen molar-refractivity contribution in [2.24, 2.45) is 4.99 Å². The van der Waals surface area contributed by atoms with Crippen molar-refractivity contribution in [3.63, 3.8) is 0 Å². The molecule has 92 valence electrons. The minimum Gasteiger partial charge on any atom is -0.334 e. The quantitative estimate of drug-likeness (QED) is 0.829. The van der Waals surface area contributed by atoms with Crippen LogP contribution in [0.1, 0.15) is 13.8 Å².